The normalized spacial score (nSPS) is 18.4. The third-order valence-electron chi connectivity index (χ3n) is 2.35. The summed E-state index contributed by atoms with van der Waals surface area (Å²) in [6.45, 7) is 0.553. The van der Waals surface area contributed by atoms with Gasteiger partial charge in [0, 0.05) is 18.1 Å². The summed E-state index contributed by atoms with van der Waals surface area (Å²) in [4.78, 5) is 0. The minimum Gasteiger partial charge on any atom is -0.493 e. The van der Waals surface area contributed by atoms with Gasteiger partial charge in [0.15, 0.2) is 0 Å². The van der Waals surface area contributed by atoms with Crippen LogP contribution in [-0.2, 0) is 0 Å². The molecule has 15 heavy (non-hydrogen) atoms. The van der Waals surface area contributed by atoms with Gasteiger partial charge in [0.05, 0.1) is 19.3 Å². The molecule has 2 rings (SSSR count). The number of hydrogen-bond donors (Lipinski definition) is 1. The summed E-state index contributed by atoms with van der Waals surface area (Å²) < 4.78 is 22.6. The van der Waals surface area contributed by atoms with E-state index in [1.807, 2.05) is 12.1 Å². The van der Waals surface area contributed by atoms with Crippen molar-refractivity contribution in [3.8, 4) is 11.5 Å². The Morgan fingerprint density at radius 3 is 3.20 bits per heavy atom. The largest absolute Gasteiger partial charge is 0.493 e. The van der Waals surface area contributed by atoms with Crippen LogP contribution in [0, 0.1) is 0 Å². The third-order valence-corrected chi connectivity index (χ3v) is 2.35. The SMILES string of the molecule is NC1COc2cc(OCCCF)ccc21. The van der Waals surface area contributed by atoms with Crippen LogP contribution in [0.3, 0.4) is 0 Å². The number of halogens is 1. The number of fused-ring (bicyclic) bond motifs is 1. The maximum atomic E-state index is 11.8. The van der Waals surface area contributed by atoms with Crippen molar-refractivity contribution in [2.75, 3.05) is 19.9 Å². The Hall–Kier alpha value is -1.29. The maximum absolute atomic E-state index is 11.8. The molecule has 4 heteroatoms. The molecule has 0 bridgehead atoms. The standard InChI is InChI=1S/C11H14FNO2/c12-4-1-5-14-8-2-3-9-10(13)7-15-11(9)6-8/h2-3,6,10H,1,4-5,7,13H2. The second-order valence-electron chi connectivity index (χ2n) is 3.51. The topological polar surface area (TPSA) is 44.5 Å². The summed E-state index contributed by atoms with van der Waals surface area (Å²) in [6, 6.07) is 5.50. The van der Waals surface area contributed by atoms with Crippen molar-refractivity contribution in [2.45, 2.75) is 12.5 Å². The lowest BCUT2D eigenvalue weighted by atomic mass is 10.1. The van der Waals surface area contributed by atoms with Gasteiger partial charge in [-0.2, -0.15) is 0 Å². The molecule has 0 aromatic heterocycles. The van der Waals surface area contributed by atoms with Crippen LogP contribution >= 0.6 is 0 Å². The van der Waals surface area contributed by atoms with Gasteiger partial charge in [-0.1, -0.05) is 0 Å². The van der Waals surface area contributed by atoms with Crippen molar-refractivity contribution in [1.82, 2.24) is 0 Å². The molecule has 1 atom stereocenters. The fraction of sp³-hybridized carbons (Fsp3) is 0.455. The molecule has 1 aromatic rings. The Kier molecular flexibility index (Phi) is 3.06. The second-order valence-corrected chi connectivity index (χ2v) is 3.51. The van der Waals surface area contributed by atoms with Gasteiger partial charge < -0.3 is 15.2 Å². The molecule has 1 heterocycles. The summed E-state index contributed by atoms with van der Waals surface area (Å²) >= 11 is 0. The van der Waals surface area contributed by atoms with Gasteiger partial charge in [-0.05, 0) is 12.1 Å². The molecule has 0 amide bonds. The van der Waals surface area contributed by atoms with E-state index in [0.29, 0.717) is 25.4 Å². The summed E-state index contributed by atoms with van der Waals surface area (Å²) in [5.41, 5.74) is 6.81. The Labute approximate surface area is 88.0 Å². The molecule has 0 saturated carbocycles. The average molecular weight is 211 g/mol. The summed E-state index contributed by atoms with van der Waals surface area (Å²) in [7, 11) is 0. The molecule has 0 saturated heterocycles. The predicted octanol–water partition coefficient (Wildman–Crippen LogP) is 1.82. The lowest BCUT2D eigenvalue weighted by Crippen LogP contribution is -2.10. The number of benzene rings is 1. The smallest absolute Gasteiger partial charge is 0.127 e. The zero-order valence-electron chi connectivity index (χ0n) is 8.41. The Bertz CT molecular complexity index is 343. The average Bonchev–Trinajstić information content (AvgIpc) is 2.61. The van der Waals surface area contributed by atoms with Gasteiger partial charge >= 0.3 is 0 Å². The number of ether oxygens (including phenoxy) is 2. The Morgan fingerprint density at radius 2 is 2.40 bits per heavy atom. The van der Waals surface area contributed by atoms with Crippen LogP contribution in [-0.4, -0.2) is 19.9 Å². The fourth-order valence-electron chi connectivity index (χ4n) is 1.55. The van der Waals surface area contributed by atoms with Crippen LogP contribution in [0.1, 0.15) is 18.0 Å². The first kappa shape index (κ1) is 10.2. The molecule has 1 aliphatic heterocycles. The minimum atomic E-state index is -0.355. The highest BCUT2D eigenvalue weighted by Gasteiger charge is 2.20. The molecule has 1 aromatic carbocycles. The van der Waals surface area contributed by atoms with E-state index in [-0.39, 0.29) is 12.7 Å². The monoisotopic (exact) mass is 211 g/mol. The first-order valence-electron chi connectivity index (χ1n) is 5.02. The highest BCUT2D eigenvalue weighted by atomic mass is 19.1. The number of rotatable bonds is 4. The third kappa shape index (κ3) is 2.21. The quantitative estimate of drug-likeness (QED) is 0.772. The highest BCUT2D eigenvalue weighted by molar-refractivity contribution is 5.44. The van der Waals surface area contributed by atoms with E-state index in [4.69, 9.17) is 15.2 Å². The number of nitrogens with two attached hydrogens (primary N) is 1. The molecule has 82 valence electrons. The first-order valence-corrected chi connectivity index (χ1v) is 5.02. The van der Waals surface area contributed by atoms with Crippen LogP contribution in [0.15, 0.2) is 18.2 Å². The van der Waals surface area contributed by atoms with Gasteiger partial charge in [-0.15, -0.1) is 0 Å². The van der Waals surface area contributed by atoms with E-state index in [1.165, 1.54) is 0 Å². The lowest BCUT2D eigenvalue weighted by Gasteiger charge is -2.06. The van der Waals surface area contributed by atoms with E-state index >= 15 is 0 Å². The molecule has 0 fully saturated rings. The second kappa shape index (κ2) is 4.49. The molecular weight excluding hydrogens is 197 g/mol. The van der Waals surface area contributed by atoms with E-state index in [9.17, 15) is 4.39 Å². The molecule has 0 radical (unpaired) electrons. The number of alkyl halides is 1. The molecule has 3 nitrogen and oxygen atoms in total. The highest BCUT2D eigenvalue weighted by Crippen LogP contribution is 2.33. The molecular formula is C11H14FNO2. The zero-order chi connectivity index (χ0) is 10.7. The number of hydrogen-bond acceptors (Lipinski definition) is 3. The van der Waals surface area contributed by atoms with Crippen molar-refractivity contribution in [3.05, 3.63) is 23.8 Å². The van der Waals surface area contributed by atoms with Crippen molar-refractivity contribution < 1.29 is 13.9 Å². The Balaban J connectivity index is 2.03. The summed E-state index contributed by atoms with van der Waals surface area (Å²) in [5, 5.41) is 0. The van der Waals surface area contributed by atoms with E-state index < -0.39 is 0 Å². The van der Waals surface area contributed by atoms with E-state index in [1.54, 1.807) is 6.07 Å². The van der Waals surface area contributed by atoms with Gasteiger partial charge in [0.2, 0.25) is 0 Å². The van der Waals surface area contributed by atoms with Gasteiger partial charge in [0.25, 0.3) is 0 Å². The van der Waals surface area contributed by atoms with Gasteiger partial charge in [-0.3, -0.25) is 4.39 Å². The fourth-order valence-corrected chi connectivity index (χ4v) is 1.55. The van der Waals surface area contributed by atoms with Gasteiger partial charge in [-0.25, -0.2) is 0 Å². The van der Waals surface area contributed by atoms with Crippen molar-refractivity contribution in [1.29, 1.82) is 0 Å². The lowest BCUT2D eigenvalue weighted by molar-refractivity contribution is 0.287. The van der Waals surface area contributed by atoms with E-state index in [0.717, 1.165) is 11.3 Å². The zero-order valence-corrected chi connectivity index (χ0v) is 8.41. The minimum absolute atomic E-state index is 0.0418. The van der Waals surface area contributed by atoms with Crippen LogP contribution in [0.5, 0.6) is 11.5 Å². The molecule has 1 aliphatic rings. The van der Waals surface area contributed by atoms with Gasteiger partial charge in [0.1, 0.15) is 18.1 Å². The van der Waals surface area contributed by atoms with Crippen molar-refractivity contribution in [2.24, 2.45) is 5.73 Å². The van der Waals surface area contributed by atoms with E-state index in [2.05, 4.69) is 0 Å². The molecule has 2 N–H and O–H groups in total. The molecule has 1 unspecified atom stereocenters. The van der Waals surface area contributed by atoms with Crippen LogP contribution < -0.4 is 15.2 Å². The summed E-state index contributed by atoms with van der Waals surface area (Å²) in [6.07, 6.45) is 0.414. The van der Waals surface area contributed by atoms with Crippen LogP contribution in [0.2, 0.25) is 0 Å². The van der Waals surface area contributed by atoms with Crippen molar-refractivity contribution >= 4 is 0 Å². The maximum Gasteiger partial charge on any atom is 0.127 e. The first-order chi connectivity index (χ1) is 7.31. The predicted molar refractivity (Wildman–Crippen MR) is 55.0 cm³/mol. The van der Waals surface area contributed by atoms with Crippen LogP contribution in [0.25, 0.3) is 0 Å². The summed E-state index contributed by atoms with van der Waals surface area (Å²) in [5.74, 6) is 1.48. The van der Waals surface area contributed by atoms with Crippen molar-refractivity contribution in [3.63, 3.8) is 0 Å². The molecule has 0 spiro atoms. The molecule has 0 aliphatic carbocycles. The van der Waals surface area contributed by atoms with Crippen LogP contribution in [0.4, 0.5) is 4.39 Å². The Morgan fingerprint density at radius 1 is 1.53 bits per heavy atom.